The largest absolute Gasteiger partial charge is 0.467 e. The molecular weight excluding hydrogens is 324 g/mol. The van der Waals surface area contributed by atoms with E-state index in [2.05, 4.69) is 5.32 Å². The summed E-state index contributed by atoms with van der Waals surface area (Å²) < 4.78 is 10.1. The minimum atomic E-state index is -0.759. The number of nitrogens with zero attached hydrogens (tertiary/aromatic N) is 1. The maximum Gasteiger partial charge on any atom is 0.410 e. The Morgan fingerprint density at radius 1 is 1.12 bits per heavy atom. The van der Waals surface area contributed by atoms with E-state index in [1.165, 1.54) is 19.1 Å². The van der Waals surface area contributed by atoms with Gasteiger partial charge in [-0.1, -0.05) is 19.3 Å². The lowest BCUT2D eigenvalue weighted by atomic mass is 9.83. The molecule has 0 radical (unpaired) electrons. The Morgan fingerprint density at radius 2 is 1.68 bits per heavy atom. The molecule has 2 amide bonds. The molecule has 1 rings (SSSR count). The number of carbonyl (C=O) groups excluding carboxylic acids is 3. The zero-order valence-electron chi connectivity index (χ0n) is 16.3. The fraction of sp³-hybridized carbons (Fsp3) is 0.833. The third kappa shape index (κ3) is 6.55. The summed E-state index contributed by atoms with van der Waals surface area (Å²) in [4.78, 5) is 38.0. The Bertz CT molecular complexity index is 480. The van der Waals surface area contributed by atoms with Gasteiger partial charge < -0.3 is 14.8 Å². The molecule has 1 fully saturated rings. The van der Waals surface area contributed by atoms with Crippen molar-refractivity contribution in [1.29, 1.82) is 0 Å². The molecule has 0 aromatic rings. The van der Waals surface area contributed by atoms with Crippen molar-refractivity contribution in [1.82, 2.24) is 10.2 Å². The van der Waals surface area contributed by atoms with Gasteiger partial charge in [0, 0.05) is 7.05 Å². The lowest BCUT2D eigenvalue weighted by Crippen LogP contribution is -2.54. The fourth-order valence-electron chi connectivity index (χ4n) is 2.91. The van der Waals surface area contributed by atoms with Gasteiger partial charge in [0.2, 0.25) is 5.91 Å². The molecule has 1 N–H and O–H groups in total. The highest BCUT2D eigenvalue weighted by Crippen LogP contribution is 2.27. The molecule has 0 aliphatic heterocycles. The van der Waals surface area contributed by atoms with Gasteiger partial charge in [0.1, 0.15) is 17.7 Å². The monoisotopic (exact) mass is 356 g/mol. The highest BCUT2D eigenvalue weighted by Gasteiger charge is 2.34. The smallest absolute Gasteiger partial charge is 0.410 e. The standard InChI is InChI=1S/C18H32N2O5/c1-12(20(5)17(23)25-18(2,3)4)15(21)19-14(16(22)24-6)13-10-8-7-9-11-13/h12-14H,7-11H2,1-6H3,(H,19,21)/t12?,14-/m0/s1. The van der Waals surface area contributed by atoms with Crippen LogP contribution in [0.25, 0.3) is 0 Å². The van der Waals surface area contributed by atoms with Crippen molar-refractivity contribution in [2.24, 2.45) is 5.92 Å². The van der Waals surface area contributed by atoms with Crippen molar-refractivity contribution >= 4 is 18.0 Å². The number of nitrogens with one attached hydrogen (secondary N) is 1. The number of likely N-dealkylation sites (N-methyl/N-ethyl adjacent to an activating group) is 1. The molecule has 1 unspecified atom stereocenters. The van der Waals surface area contributed by atoms with Crippen LogP contribution in [0.15, 0.2) is 0 Å². The van der Waals surface area contributed by atoms with Gasteiger partial charge in [0.25, 0.3) is 0 Å². The first-order chi connectivity index (χ1) is 11.6. The number of methoxy groups -OCH3 is 1. The lowest BCUT2D eigenvalue weighted by Gasteiger charge is -2.32. The minimum Gasteiger partial charge on any atom is -0.467 e. The van der Waals surface area contributed by atoms with Gasteiger partial charge in [0.15, 0.2) is 0 Å². The maximum atomic E-state index is 12.6. The highest BCUT2D eigenvalue weighted by atomic mass is 16.6. The number of rotatable bonds is 5. The van der Waals surface area contributed by atoms with E-state index in [1.54, 1.807) is 27.7 Å². The van der Waals surface area contributed by atoms with Crippen LogP contribution in [0.1, 0.15) is 59.8 Å². The van der Waals surface area contributed by atoms with E-state index in [1.807, 2.05) is 0 Å². The summed E-state index contributed by atoms with van der Waals surface area (Å²) in [5.74, 6) is -0.758. The summed E-state index contributed by atoms with van der Waals surface area (Å²) in [6.45, 7) is 6.90. The van der Waals surface area contributed by atoms with Crippen molar-refractivity contribution in [3.05, 3.63) is 0 Å². The first-order valence-corrected chi connectivity index (χ1v) is 8.91. The number of esters is 1. The third-order valence-electron chi connectivity index (χ3n) is 4.52. The van der Waals surface area contributed by atoms with Crippen LogP contribution in [0, 0.1) is 5.92 Å². The van der Waals surface area contributed by atoms with Gasteiger partial charge in [-0.25, -0.2) is 9.59 Å². The normalized spacial score (nSPS) is 18.0. The number of hydrogen-bond acceptors (Lipinski definition) is 5. The second kappa shape index (κ2) is 9.06. The number of ether oxygens (including phenoxy) is 2. The van der Waals surface area contributed by atoms with Crippen LogP contribution < -0.4 is 5.32 Å². The molecule has 25 heavy (non-hydrogen) atoms. The number of amides is 2. The van der Waals surface area contributed by atoms with Crippen molar-refractivity contribution in [3.63, 3.8) is 0 Å². The molecule has 1 aliphatic rings. The lowest BCUT2D eigenvalue weighted by molar-refractivity contribution is -0.147. The maximum absolute atomic E-state index is 12.6. The van der Waals surface area contributed by atoms with E-state index in [-0.39, 0.29) is 5.92 Å². The molecule has 0 spiro atoms. The fourth-order valence-corrected chi connectivity index (χ4v) is 2.91. The molecule has 7 heteroatoms. The van der Waals surface area contributed by atoms with E-state index in [9.17, 15) is 14.4 Å². The molecule has 7 nitrogen and oxygen atoms in total. The van der Waals surface area contributed by atoms with Crippen LogP contribution in [-0.2, 0) is 19.1 Å². The van der Waals surface area contributed by atoms with Crippen LogP contribution >= 0.6 is 0 Å². The number of hydrogen-bond donors (Lipinski definition) is 1. The molecule has 1 aliphatic carbocycles. The predicted octanol–water partition coefficient (Wildman–Crippen LogP) is 2.48. The van der Waals surface area contributed by atoms with Gasteiger partial charge in [-0.2, -0.15) is 0 Å². The Balaban J connectivity index is 2.74. The Labute approximate surface area is 150 Å². The summed E-state index contributed by atoms with van der Waals surface area (Å²) in [5.41, 5.74) is -0.641. The average Bonchev–Trinajstić information content (AvgIpc) is 2.56. The van der Waals surface area contributed by atoms with E-state index in [0.717, 1.165) is 32.1 Å². The average molecular weight is 356 g/mol. The van der Waals surface area contributed by atoms with E-state index in [4.69, 9.17) is 9.47 Å². The van der Waals surface area contributed by atoms with Crippen LogP contribution in [0.4, 0.5) is 4.79 Å². The highest BCUT2D eigenvalue weighted by molar-refractivity contribution is 5.89. The second-order valence-corrected chi connectivity index (χ2v) is 7.67. The molecular formula is C18H32N2O5. The summed E-state index contributed by atoms with van der Waals surface area (Å²) >= 11 is 0. The van der Waals surface area contributed by atoms with Crippen LogP contribution in [-0.4, -0.2) is 54.7 Å². The molecule has 1 saturated carbocycles. The van der Waals surface area contributed by atoms with Crippen LogP contribution in [0.5, 0.6) is 0 Å². The zero-order chi connectivity index (χ0) is 19.2. The van der Waals surface area contributed by atoms with Gasteiger partial charge in [0.05, 0.1) is 7.11 Å². The van der Waals surface area contributed by atoms with E-state index < -0.39 is 35.7 Å². The Morgan fingerprint density at radius 3 is 2.16 bits per heavy atom. The topological polar surface area (TPSA) is 84.9 Å². The molecule has 0 heterocycles. The third-order valence-corrected chi connectivity index (χ3v) is 4.52. The minimum absolute atomic E-state index is 0.0733. The zero-order valence-corrected chi connectivity index (χ0v) is 16.3. The second-order valence-electron chi connectivity index (χ2n) is 7.67. The van der Waals surface area contributed by atoms with Gasteiger partial charge in [-0.05, 0) is 46.5 Å². The Hall–Kier alpha value is -1.79. The summed E-state index contributed by atoms with van der Waals surface area (Å²) in [7, 11) is 2.83. The van der Waals surface area contributed by atoms with Crippen molar-refractivity contribution in [2.75, 3.05) is 14.2 Å². The van der Waals surface area contributed by atoms with Crippen LogP contribution in [0.3, 0.4) is 0 Å². The predicted molar refractivity (Wildman–Crippen MR) is 94.0 cm³/mol. The Kier molecular flexibility index (Phi) is 7.70. The van der Waals surface area contributed by atoms with Crippen molar-refractivity contribution in [3.8, 4) is 0 Å². The first kappa shape index (κ1) is 21.3. The molecule has 0 aromatic carbocycles. The van der Waals surface area contributed by atoms with Gasteiger partial charge in [-0.3, -0.25) is 9.69 Å². The van der Waals surface area contributed by atoms with E-state index in [0.29, 0.717) is 0 Å². The van der Waals surface area contributed by atoms with E-state index >= 15 is 0 Å². The van der Waals surface area contributed by atoms with Gasteiger partial charge in [-0.15, -0.1) is 0 Å². The number of carbonyl (C=O) groups is 3. The van der Waals surface area contributed by atoms with Crippen molar-refractivity contribution < 1.29 is 23.9 Å². The van der Waals surface area contributed by atoms with Crippen molar-refractivity contribution in [2.45, 2.75) is 77.5 Å². The molecule has 144 valence electrons. The van der Waals surface area contributed by atoms with Gasteiger partial charge >= 0.3 is 12.1 Å². The van der Waals surface area contributed by atoms with Crippen LogP contribution in [0.2, 0.25) is 0 Å². The summed E-state index contributed by atoms with van der Waals surface area (Å²) in [6.07, 6.45) is 4.42. The SMILES string of the molecule is COC(=O)[C@@H](NC(=O)C(C)N(C)C(=O)OC(C)(C)C)C1CCCCC1. The quantitative estimate of drug-likeness (QED) is 0.765. The molecule has 2 atom stereocenters. The summed E-state index contributed by atoms with van der Waals surface area (Å²) in [5, 5.41) is 2.77. The molecule has 0 aromatic heterocycles. The summed E-state index contributed by atoms with van der Waals surface area (Å²) in [6, 6.07) is -1.43. The first-order valence-electron chi connectivity index (χ1n) is 8.91. The molecule has 0 saturated heterocycles. The molecule has 0 bridgehead atoms.